The molecule has 5 N–H and O–H groups in total. The molecule has 7 heteroatoms. The minimum Gasteiger partial charge on any atom is -0.368 e. The average Bonchev–Trinajstić information content (AvgIpc) is 3.19. The smallest absolute Gasteiger partial charge is 0.296 e. The molecule has 0 aliphatic heterocycles. The second-order valence-electron chi connectivity index (χ2n) is 9.18. The highest BCUT2D eigenvalue weighted by molar-refractivity contribution is 6.45. The number of fused-ring (bicyclic) bond motifs is 1. The second kappa shape index (κ2) is 8.59. The van der Waals surface area contributed by atoms with E-state index in [1.54, 1.807) is 19.1 Å². The lowest BCUT2D eigenvalue weighted by molar-refractivity contribution is -0.150. The number of aromatic amines is 1. The van der Waals surface area contributed by atoms with E-state index in [2.05, 4.69) is 4.98 Å². The summed E-state index contributed by atoms with van der Waals surface area (Å²) >= 11 is 0. The predicted octanol–water partition coefficient (Wildman–Crippen LogP) is 3.13. The number of para-hydroxylation sites is 1. The van der Waals surface area contributed by atoms with E-state index in [9.17, 15) is 14.4 Å². The van der Waals surface area contributed by atoms with E-state index in [0.29, 0.717) is 11.9 Å². The van der Waals surface area contributed by atoms with Gasteiger partial charge >= 0.3 is 0 Å². The predicted molar refractivity (Wildman–Crippen MR) is 125 cm³/mol. The molecule has 0 fully saturated rings. The van der Waals surface area contributed by atoms with E-state index in [0.717, 1.165) is 16.6 Å². The van der Waals surface area contributed by atoms with Crippen LogP contribution in [0.1, 0.15) is 49.2 Å². The number of hydrogen-bond donors (Lipinski definition) is 3. The first-order chi connectivity index (χ1) is 15.0. The molecule has 168 valence electrons. The van der Waals surface area contributed by atoms with Crippen LogP contribution in [0.15, 0.2) is 54.7 Å². The number of rotatable bonds is 7. The SMILES string of the molecule is CC(C)(C)C(C)(C(N)=O)N(Cc1cccc(CN)c1)C(=O)C(=O)c1c[nH]c2ccccc12. The molecular weight excluding hydrogens is 404 g/mol. The van der Waals surface area contributed by atoms with Gasteiger partial charge in [0.2, 0.25) is 5.91 Å². The number of aromatic nitrogens is 1. The normalized spacial score (nSPS) is 13.5. The number of amides is 2. The van der Waals surface area contributed by atoms with Gasteiger partial charge in [-0.05, 0) is 29.5 Å². The van der Waals surface area contributed by atoms with Gasteiger partial charge in [-0.2, -0.15) is 0 Å². The molecule has 3 rings (SSSR count). The van der Waals surface area contributed by atoms with Crippen molar-refractivity contribution >= 4 is 28.5 Å². The fraction of sp³-hybridized carbons (Fsp3) is 0.320. The Kier molecular flexibility index (Phi) is 6.23. The summed E-state index contributed by atoms with van der Waals surface area (Å²) < 4.78 is 0. The van der Waals surface area contributed by atoms with E-state index in [-0.39, 0.29) is 12.1 Å². The molecule has 1 aromatic heterocycles. The maximum atomic E-state index is 13.7. The third kappa shape index (κ3) is 4.03. The maximum Gasteiger partial charge on any atom is 0.296 e. The monoisotopic (exact) mass is 434 g/mol. The Labute approximate surface area is 187 Å². The van der Waals surface area contributed by atoms with Crippen LogP contribution in [0.25, 0.3) is 10.9 Å². The summed E-state index contributed by atoms with van der Waals surface area (Å²) in [6.07, 6.45) is 1.52. The highest BCUT2D eigenvalue weighted by atomic mass is 16.2. The summed E-state index contributed by atoms with van der Waals surface area (Å²) in [4.78, 5) is 44.1. The third-order valence-electron chi connectivity index (χ3n) is 6.32. The van der Waals surface area contributed by atoms with Crippen molar-refractivity contribution in [3.8, 4) is 0 Å². The lowest BCUT2D eigenvalue weighted by Crippen LogP contribution is -2.65. The summed E-state index contributed by atoms with van der Waals surface area (Å²) in [7, 11) is 0. The number of H-pyrrole nitrogens is 1. The van der Waals surface area contributed by atoms with Crippen LogP contribution in [0, 0.1) is 5.41 Å². The molecule has 1 heterocycles. The zero-order valence-electron chi connectivity index (χ0n) is 18.9. The number of hydrogen-bond acceptors (Lipinski definition) is 4. The molecule has 0 saturated heterocycles. The van der Waals surface area contributed by atoms with E-state index in [4.69, 9.17) is 11.5 Å². The number of carbonyl (C=O) groups excluding carboxylic acids is 3. The Morgan fingerprint density at radius 1 is 0.969 bits per heavy atom. The number of nitrogens with zero attached hydrogens (tertiary/aromatic N) is 1. The van der Waals surface area contributed by atoms with Crippen LogP contribution in [0.3, 0.4) is 0 Å². The van der Waals surface area contributed by atoms with Crippen LogP contribution in [-0.4, -0.2) is 33.0 Å². The number of carbonyl (C=O) groups is 3. The summed E-state index contributed by atoms with van der Waals surface area (Å²) in [5.41, 5.74) is 12.1. The first-order valence-electron chi connectivity index (χ1n) is 10.5. The lowest BCUT2D eigenvalue weighted by atomic mass is 9.72. The number of Topliss-reactive ketones (excluding diaryl/α,β-unsaturated/α-hetero) is 1. The van der Waals surface area contributed by atoms with Gasteiger partial charge in [0.05, 0.1) is 5.56 Å². The van der Waals surface area contributed by atoms with Crippen molar-refractivity contribution in [2.45, 2.75) is 46.3 Å². The molecule has 7 nitrogen and oxygen atoms in total. The molecule has 0 saturated carbocycles. The van der Waals surface area contributed by atoms with E-state index in [1.165, 1.54) is 11.1 Å². The molecule has 2 aromatic carbocycles. The Hall–Kier alpha value is -3.45. The van der Waals surface area contributed by atoms with Crippen molar-refractivity contribution in [1.82, 2.24) is 9.88 Å². The molecule has 0 bridgehead atoms. The van der Waals surface area contributed by atoms with Crippen LogP contribution >= 0.6 is 0 Å². The first kappa shape index (κ1) is 23.2. The fourth-order valence-electron chi connectivity index (χ4n) is 3.88. The van der Waals surface area contributed by atoms with Crippen molar-refractivity contribution in [3.63, 3.8) is 0 Å². The first-order valence-corrected chi connectivity index (χ1v) is 10.5. The van der Waals surface area contributed by atoms with Gasteiger partial charge in [-0.3, -0.25) is 14.4 Å². The number of benzene rings is 2. The van der Waals surface area contributed by atoms with Crippen molar-refractivity contribution in [2.75, 3.05) is 0 Å². The minimum absolute atomic E-state index is 0.0392. The quantitative estimate of drug-likeness (QED) is 0.390. The zero-order valence-corrected chi connectivity index (χ0v) is 18.9. The highest BCUT2D eigenvalue weighted by Crippen LogP contribution is 2.37. The van der Waals surface area contributed by atoms with Gasteiger partial charge in [0, 0.05) is 30.2 Å². The van der Waals surface area contributed by atoms with Gasteiger partial charge in [-0.1, -0.05) is 63.2 Å². The maximum absolute atomic E-state index is 13.7. The molecule has 0 spiro atoms. The molecular formula is C25H30N4O3. The van der Waals surface area contributed by atoms with Gasteiger partial charge in [0.15, 0.2) is 0 Å². The van der Waals surface area contributed by atoms with Crippen LogP contribution in [0.5, 0.6) is 0 Å². The van der Waals surface area contributed by atoms with Crippen molar-refractivity contribution in [2.24, 2.45) is 16.9 Å². The van der Waals surface area contributed by atoms with Crippen LogP contribution in [-0.2, 0) is 22.7 Å². The standard InChI is InChI=1S/C25H30N4O3/c1-24(2,3)25(4,23(27)32)29(15-17-9-7-8-16(12-17)13-26)22(31)21(30)19-14-28-20-11-6-5-10-18(19)20/h5-12,14,28H,13,15,26H2,1-4H3,(H2,27,32). The van der Waals surface area contributed by atoms with Crippen LogP contribution in [0.4, 0.5) is 0 Å². The molecule has 0 aliphatic carbocycles. The van der Waals surface area contributed by atoms with E-state index in [1.807, 2.05) is 57.2 Å². The number of nitrogens with one attached hydrogen (secondary N) is 1. The molecule has 1 atom stereocenters. The molecule has 1 unspecified atom stereocenters. The topological polar surface area (TPSA) is 122 Å². The Bertz CT molecular complexity index is 1180. The van der Waals surface area contributed by atoms with Crippen molar-refractivity contribution in [1.29, 1.82) is 0 Å². The Morgan fingerprint density at radius 3 is 2.25 bits per heavy atom. The molecule has 0 radical (unpaired) electrons. The largest absolute Gasteiger partial charge is 0.368 e. The summed E-state index contributed by atoms with van der Waals surface area (Å²) in [6, 6.07) is 14.7. The molecule has 3 aromatic rings. The minimum atomic E-state index is -1.43. The average molecular weight is 435 g/mol. The van der Waals surface area contributed by atoms with Crippen LogP contribution < -0.4 is 11.5 Å². The zero-order chi connectivity index (χ0) is 23.7. The van der Waals surface area contributed by atoms with Gasteiger partial charge in [-0.25, -0.2) is 0 Å². The second-order valence-corrected chi connectivity index (χ2v) is 9.18. The molecule has 2 amide bonds. The lowest BCUT2D eigenvalue weighted by Gasteiger charge is -2.47. The Morgan fingerprint density at radius 2 is 1.62 bits per heavy atom. The van der Waals surface area contributed by atoms with Crippen LogP contribution in [0.2, 0.25) is 0 Å². The van der Waals surface area contributed by atoms with Gasteiger partial charge < -0.3 is 21.4 Å². The third-order valence-corrected chi connectivity index (χ3v) is 6.32. The summed E-state index contributed by atoms with van der Waals surface area (Å²) in [5.74, 6) is -2.17. The van der Waals surface area contributed by atoms with Gasteiger partial charge in [0.1, 0.15) is 5.54 Å². The highest BCUT2D eigenvalue weighted by Gasteiger charge is 2.51. The van der Waals surface area contributed by atoms with Gasteiger partial charge in [-0.15, -0.1) is 0 Å². The number of primary amides is 1. The van der Waals surface area contributed by atoms with Crippen molar-refractivity contribution in [3.05, 3.63) is 71.4 Å². The van der Waals surface area contributed by atoms with E-state index < -0.39 is 28.6 Å². The summed E-state index contributed by atoms with van der Waals surface area (Å²) in [5, 5.41) is 0.646. The fourth-order valence-corrected chi connectivity index (χ4v) is 3.88. The van der Waals surface area contributed by atoms with Gasteiger partial charge in [0.25, 0.3) is 11.7 Å². The van der Waals surface area contributed by atoms with E-state index >= 15 is 0 Å². The van der Waals surface area contributed by atoms with Crippen molar-refractivity contribution < 1.29 is 14.4 Å². The Balaban J connectivity index is 2.11. The number of nitrogens with two attached hydrogens (primary N) is 2. The molecule has 0 aliphatic rings. The number of ketones is 1. The molecule has 32 heavy (non-hydrogen) atoms. The summed E-state index contributed by atoms with van der Waals surface area (Å²) in [6.45, 7) is 7.46.